The van der Waals surface area contributed by atoms with E-state index in [2.05, 4.69) is 31.2 Å². The minimum Gasteiger partial charge on any atom is -0.313 e. The first-order valence-electron chi connectivity index (χ1n) is 7.28. The van der Waals surface area contributed by atoms with Crippen LogP contribution in [-0.2, 0) is 6.54 Å². The van der Waals surface area contributed by atoms with Gasteiger partial charge >= 0.3 is 0 Å². The average Bonchev–Trinajstić information content (AvgIpc) is 2.83. The van der Waals surface area contributed by atoms with Gasteiger partial charge in [-0.2, -0.15) is 5.10 Å². The van der Waals surface area contributed by atoms with Gasteiger partial charge in [-0.3, -0.25) is 0 Å². The topological polar surface area (TPSA) is 29.9 Å². The third-order valence-corrected chi connectivity index (χ3v) is 3.63. The summed E-state index contributed by atoms with van der Waals surface area (Å²) < 4.78 is 15.8. The average molecular weight is 310 g/mol. The van der Waals surface area contributed by atoms with Crippen LogP contribution in [0.15, 0.2) is 24.4 Å². The molecule has 0 radical (unpaired) electrons. The van der Waals surface area contributed by atoms with Crippen LogP contribution in [0.3, 0.4) is 0 Å². The van der Waals surface area contributed by atoms with Crippen molar-refractivity contribution in [2.24, 2.45) is 0 Å². The number of hydrogen-bond acceptors (Lipinski definition) is 2. The van der Waals surface area contributed by atoms with Crippen LogP contribution in [0, 0.1) is 5.82 Å². The van der Waals surface area contributed by atoms with Crippen molar-refractivity contribution in [2.75, 3.05) is 6.54 Å². The molecule has 1 N–H and O–H groups in total. The van der Waals surface area contributed by atoms with Crippen molar-refractivity contribution >= 4 is 11.6 Å². The number of aromatic nitrogens is 2. The maximum absolute atomic E-state index is 14.1. The van der Waals surface area contributed by atoms with Crippen LogP contribution in [0.25, 0.3) is 5.69 Å². The molecule has 2 aromatic rings. The molecule has 1 aromatic carbocycles. The molecule has 0 aliphatic heterocycles. The zero-order valence-electron chi connectivity index (χ0n) is 12.7. The first kappa shape index (κ1) is 16.0. The fraction of sp³-hybridized carbons (Fsp3) is 0.438. The summed E-state index contributed by atoms with van der Waals surface area (Å²) in [5.41, 5.74) is 2.40. The van der Waals surface area contributed by atoms with E-state index in [0.29, 0.717) is 10.7 Å². The number of rotatable bonds is 6. The van der Waals surface area contributed by atoms with Crippen LogP contribution in [0.4, 0.5) is 4.39 Å². The summed E-state index contributed by atoms with van der Waals surface area (Å²) in [5.74, 6) is -0.137. The highest BCUT2D eigenvalue weighted by molar-refractivity contribution is 6.32. The molecule has 2 rings (SSSR count). The quantitative estimate of drug-likeness (QED) is 0.807. The van der Waals surface area contributed by atoms with Gasteiger partial charge in [0, 0.05) is 12.1 Å². The molecule has 0 atom stereocenters. The van der Waals surface area contributed by atoms with Crippen LogP contribution in [-0.4, -0.2) is 16.3 Å². The Bertz CT molecular complexity index is 587. The smallest absolute Gasteiger partial charge is 0.150 e. The number of halogens is 2. The summed E-state index contributed by atoms with van der Waals surface area (Å²) in [6.07, 6.45) is 2.87. The number of nitrogens with one attached hydrogen (secondary N) is 1. The largest absolute Gasteiger partial charge is 0.313 e. The molecule has 0 amide bonds. The van der Waals surface area contributed by atoms with Gasteiger partial charge in [0.05, 0.1) is 16.9 Å². The Morgan fingerprint density at radius 2 is 2.14 bits per heavy atom. The van der Waals surface area contributed by atoms with Crippen molar-refractivity contribution < 1.29 is 4.39 Å². The second-order valence-corrected chi connectivity index (χ2v) is 5.78. The standard InChI is InChI=1S/C16H21ClFN3/c1-4-8-19-9-12-10-20-21(15(12)11(2)3)16-13(17)6-5-7-14(16)18/h5-7,10-11,19H,4,8-9H2,1-3H3. The van der Waals surface area contributed by atoms with Gasteiger partial charge in [0.15, 0.2) is 0 Å². The Kier molecular flexibility index (Phi) is 5.37. The van der Waals surface area contributed by atoms with Crippen molar-refractivity contribution in [1.29, 1.82) is 0 Å². The maximum Gasteiger partial charge on any atom is 0.150 e. The second-order valence-electron chi connectivity index (χ2n) is 5.37. The summed E-state index contributed by atoms with van der Waals surface area (Å²) in [5, 5.41) is 8.09. The molecule has 0 spiro atoms. The van der Waals surface area contributed by atoms with Gasteiger partial charge in [0.1, 0.15) is 11.5 Å². The van der Waals surface area contributed by atoms with Crippen molar-refractivity contribution in [3.63, 3.8) is 0 Å². The molecule has 0 unspecified atom stereocenters. The molecular formula is C16H21ClFN3. The van der Waals surface area contributed by atoms with Crippen LogP contribution in [0.2, 0.25) is 5.02 Å². The van der Waals surface area contributed by atoms with E-state index in [0.717, 1.165) is 30.8 Å². The molecule has 0 saturated carbocycles. The van der Waals surface area contributed by atoms with Crippen molar-refractivity contribution in [1.82, 2.24) is 15.1 Å². The molecule has 114 valence electrons. The highest BCUT2D eigenvalue weighted by Crippen LogP contribution is 2.28. The lowest BCUT2D eigenvalue weighted by molar-refractivity contribution is 0.600. The highest BCUT2D eigenvalue weighted by Gasteiger charge is 2.19. The van der Waals surface area contributed by atoms with E-state index >= 15 is 0 Å². The lowest BCUT2D eigenvalue weighted by atomic mass is 10.1. The first-order chi connectivity index (χ1) is 10.1. The van der Waals surface area contributed by atoms with Crippen molar-refractivity contribution in [2.45, 2.75) is 39.7 Å². The Morgan fingerprint density at radius 1 is 1.38 bits per heavy atom. The van der Waals surface area contributed by atoms with Crippen molar-refractivity contribution in [3.05, 3.63) is 46.5 Å². The maximum atomic E-state index is 14.1. The number of hydrogen-bond donors (Lipinski definition) is 1. The predicted octanol–water partition coefficient (Wildman–Crippen LogP) is 4.29. The number of para-hydroxylation sites is 1. The van der Waals surface area contributed by atoms with Crippen LogP contribution in [0.5, 0.6) is 0 Å². The van der Waals surface area contributed by atoms with Gasteiger partial charge in [-0.25, -0.2) is 9.07 Å². The summed E-state index contributed by atoms with van der Waals surface area (Å²) in [4.78, 5) is 0. The van der Waals surface area contributed by atoms with E-state index in [1.165, 1.54) is 6.07 Å². The summed E-state index contributed by atoms with van der Waals surface area (Å²) in [6, 6.07) is 4.69. The Labute approximate surface area is 130 Å². The molecule has 0 saturated heterocycles. The van der Waals surface area contributed by atoms with Gasteiger partial charge in [-0.15, -0.1) is 0 Å². The molecule has 21 heavy (non-hydrogen) atoms. The third kappa shape index (κ3) is 3.44. The molecule has 1 heterocycles. The zero-order chi connectivity index (χ0) is 15.4. The van der Waals surface area contributed by atoms with Gasteiger partial charge in [0.25, 0.3) is 0 Å². The second kappa shape index (κ2) is 7.05. The van der Waals surface area contributed by atoms with Gasteiger partial charge in [-0.1, -0.05) is 38.4 Å². The first-order valence-corrected chi connectivity index (χ1v) is 7.66. The lowest BCUT2D eigenvalue weighted by Crippen LogP contribution is -2.16. The highest BCUT2D eigenvalue weighted by atomic mass is 35.5. The molecular weight excluding hydrogens is 289 g/mol. The van der Waals surface area contributed by atoms with Crippen molar-refractivity contribution in [3.8, 4) is 5.69 Å². The lowest BCUT2D eigenvalue weighted by Gasteiger charge is -2.14. The monoisotopic (exact) mass is 309 g/mol. The van der Waals surface area contributed by atoms with Crippen LogP contribution in [0.1, 0.15) is 44.4 Å². The minimum absolute atomic E-state index is 0.224. The molecule has 1 aromatic heterocycles. The minimum atomic E-state index is -0.361. The van der Waals surface area contributed by atoms with E-state index in [9.17, 15) is 4.39 Å². The number of nitrogens with zero attached hydrogens (tertiary/aromatic N) is 2. The van der Waals surface area contributed by atoms with E-state index < -0.39 is 0 Å². The third-order valence-electron chi connectivity index (χ3n) is 3.32. The summed E-state index contributed by atoms with van der Waals surface area (Å²) in [7, 11) is 0. The Morgan fingerprint density at radius 3 is 2.76 bits per heavy atom. The van der Waals surface area contributed by atoms with E-state index in [1.54, 1.807) is 23.0 Å². The Balaban J connectivity index is 2.45. The molecule has 0 aliphatic carbocycles. The van der Waals surface area contributed by atoms with Gasteiger partial charge in [-0.05, 0) is 31.0 Å². The molecule has 5 heteroatoms. The van der Waals surface area contributed by atoms with Crippen LogP contribution >= 0.6 is 11.6 Å². The zero-order valence-corrected chi connectivity index (χ0v) is 13.4. The van der Waals surface area contributed by atoms with Gasteiger partial charge in [0.2, 0.25) is 0 Å². The van der Waals surface area contributed by atoms with Gasteiger partial charge < -0.3 is 5.32 Å². The SMILES string of the molecule is CCCNCc1cnn(-c2c(F)cccc2Cl)c1C(C)C. The normalized spacial score (nSPS) is 11.3. The molecule has 0 bridgehead atoms. The van der Waals surface area contributed by atoms with E-state index in [4.69, 9.17) is 11.6 Å². The molecule has 3 nitrogen and oxygen atoms in total. The fourth-order valence-electron chi connectivity index (χ4n) is 2.41. The summed E-state index contributed by atoms with van der Waals surface area (Å²) >= 11 is 6.16. The predicted molar refractivity (Wildman–Crippen MR) is 84.6 cm³/mol. The fourth-order valence-corrected chi connectivity index (χ4v) is 2.66. The summed E-state index contributed by atoms with van der Waals surface area (Å²) in [6.45, 7) is 7.95. The van der Waals surface area contributed by atoms with E-state index in [-0.39, 0.29) is 11.7 Å². The number of benzene rings is 1. The van der Waals surface area contributed by atoms with E-state index in [1.807, 2.05) is 0 Å². The molecule has 0 fully saturated rings. The Hall–Kier alpha value is -1.39. The van der Waals surface area contributed by atoms with Crippen LogP contribution < -0.4 is 5.32 Å². The molecule has 0 aliphatic rings.